The molecule has 500 valence electrons. The summed E-state index contributed by atoms with van der Waals surface area (Å²) in [4.78, 5) is 161. The van der Waals surface area contributed by atoms with Gasteiger partial charge < -0.3 is 120 Å². The van der Waals surface area contributed by atoms with E-state index in [1.807, 2.05) is 19.2 Å². The van der Waals surface area contributed by atoms with Crippen LogP contribution in [0.1, 0.15) is 96.5 Å². The summed E-state index contributed by atoms with van der Waals surface area (Å²) in [5, 5.41) is 61.0. The first kappa shape index (κ1) is 78.0. The number of carbonyl (C=O) groups excluding carboxylic acids is 10. The van der Waals surface area contributed by atoms with E-state index >= 15 is 0 Å². The van der Waals surface area contributed by atoms with E-state index in [9.17, 15) is 73.2 Å². The van der Waals surface area contributed by atoms with Crippen LogP contribution in [0.4, 0.5) is 0 Å². The number of benzene rings is 1. The third-order valence-electron chi connectivity index (χ3n) is 13.0. The Kier molecular flexibility index (Phi) is 37.5. The molecular formula is C53H93N21O15. The second kappa shape index (κ2) is 42.8. The molecule has 0 spiro atoms. The van der Waals surface area contributed by atoms with E-state index < -0.39 is 158 Å². The van der Waals surface area contributed by atoms with Gasteiger partial charge in [0, 0.05) is 32.5 Å². The molecule has 0 aromatic heterocycles. The number of guanidine groups is 3. The van der Waals surface area contributed by atoms with Gasteiger partial charge in [-0.1, -0.05) is 44.2 Å². The Balaban J connectivity index is 3.73. The highest BCUT2D eigenvalue weighted by Gasteiger charge is 2.36. The van der Waals surface area contributed by atoms with Gasteiger partial charge in [-0.3, -0.25) is 62.9 Å². The van der Waals surface area contributed by atoms with E-state index in [1.165, 1.54) is 0 Å². The minimum absolute atomic E-state index is 0.00819. The van der Waals surface area contributed by atoms with Crippen LogP contribution in [0.15, 0.2) is 45.3 Å². The van der Waals surface area contributed by atoms with Crippen LogP contribution in [0.5, 0.6) is 0 Å². The zero-order valence-electron chi connectivity index (χ0n) is 50.2. The summed E-state index contributed by atoms with van der Waals surface area (Å²) >= 11 is 0. The summed E-state index contributed by atoms with van der Waals surface area (Å²) in [6.07, 6.45) is -0.672. The first-order valence-electron chi connectivity index (χ1n) is 28.8. The van der Waals surface area contributed by atoms with E-state index in [0.717, 1.165) is 0 Å². The van der Waals surface area contributed by atoms with Crippen molar-refractivity contribution in [1.29, 1.82) is 0 Å². The zero-order chi connectivity index (χ0) is 67.2. The van der Waals surface area contributed by atoms with Crippen molar-refractivity contribution < 1.29 is 73.2 Å². The van der Waals surface area contributed by atoms with Crippen molar-refractivity contribution >= 4 is 82.9 Å². The Labute approximate surface area is 514 Å². The van der Waals surface area contributed by atoms with Crippen LogP contribution < -0.4 is 99.5 Å². The molecule has 36 heteroatoms. The van der Waals surface area contributed by atoms with Crippen LogP contribution >= 0.6 is 0 Å². The molecule has 0 unspecified atom stereocenters. The lowest BCUT2D eigenvalue weighted by molar-refractivity contribution is -0.143. The number of aliphatic imine (C=N–C) groups is 3. The Hall–Kier alpha value is -9.00. The highest BCUT2D eigenvalue weighted by molar-refractivity contribution is 5.99. The van der Waals surface area contributed by atoms with Gasteiger partial charge in [-0.15, -0.1) is 0 Å². The number of aliphatic carboxylic acids is 1. The lowest BCUT2D eigenvalue weighted by Gasteiger charge is -2.28. The third kappa shape index (κ3) is 32.5. The average Bonchev–Trinajstić information content (AvgIpc) is 3.68. The molecule has 0 bridgehead atoms. The molecule has 0 heterocycles. The molecule has 0 aliphatic carbocycles. The first-order valence-corrected chi connectivity index (χ1v) is 28.8. The quantitative estimate of drug-likeness (QED) is 0.0164. The van der Waals surface area contributed by atoms with Crippen LogP contribution in [0.3, 0.4) is 0 Å². The molecule has 0 aliphatic rings. The van der Waals surface area contributed by atoms with Gasteiger partial charge >= 0.3 is 5.97 Å². The number of unbranched alkanes of at least 4 members (excludes halogenated alkanes) is 1. The van der Waals surface area contributed by atoms with Gasteiger partial charge in [0.15, 0.2) is 17.9 Å². The Bertz CT molecular complexity index is 2550. The number of carbonyl (C=O) groups is 11. The standard InChI is InChI=1S/C53H93N21O15/c1-28(2)23-30(55)41(79)66-31(13-6-7-19-54)42(80)67-34(16-10-22-65-53(61)62)45(83)72-37(25-75)48(86)69-32(14-8-20-63-51(57)58)43(81)70-35(17-18-40(56)78)46(84)68-33(15-9-21-64-52(59)60)44(82)71-36(24-29-11-4-3-5-12-29)47(85)73-38(26-76)49(87)74-39(27-77)50(88)89/h3-5,11-12,28,30-39,75-77H,6-10,13-27,54-55H2,1-2H3,(H2,56,78)(H,66,79)(H,67,80)(H,68,84)(H,69,86)(H,70,81)(H,71,82)(H,72,83)(H,73,85)(H,74,87)(H,88,89)(H4,57,58,63)(H4,59,60,64)(H4,61,62,65)/t30-,31-,32-,33-,34-,35-,36-,37-,38-,39-/m0/s1. The van der Waals surface area contributed by atoms with Gasteiger partial charge in [0.1, 0.15) is 54.4 Å². The van der Waals surface area contributed by atoms with Gasteiger partial charge in [0.25, 0.3) is 0 Å². The number of nitrogens with one attached hydrogen (secondary N) is 9. The Morgan fingerprint density at radius 2 is 0.742 bits per heavy atom. The lowest BCUT2D eigenvalue weighted by atomic mass is 10.0. The van der Waals surface area contributed by atoms with Crippen molar-refractivity contribution in [2.24, 2.45) is 72.5 Å². The molecule has 0 fully saturated rings. The SMILES string of the molecule is CC(C)C[C@H](N)C(=O)N[C@@H](CCCCN)C(=O)N[C@@H](CCCN=C(N)N)C(=O)N[C@@H](CO)C(=O)N[C@@H](CCCN=C(N)N)C(=O)N[C@@H](CCC(N)=O)C(=O)N[C@@H](CCCN=C(N)N)C(=O)N[C@@H](Cc1ccccc1)C(=O)N[C@@H](CO)C(=O)N[C@@H](CO)C(=O)O. The molecular weight excluding hydrogens is 1170 g/mol. The molecule has 89 heavy (non-hydrogen) atoms. The van der Waals surface area contributed by atoms with Crippen molar-refractivity contribution in [2.75, 3.05) is 46.0 Å². The summed E-state index contributed by atoms with van der Waals surface area (Å²) in [6.45, 7) is 0.609. The summed E-state index contributed by atoms with van der Waals surface area (Å²) in [5.41, 5.74) is 50.7. The van der Waals surface area contributed by atoms with Crippen molar-refractivity contribution in [3.63, 3.8) is 0 Å². The Morgan fingerprint density at radius 1 is 0.427 bits per heavy atom. The second-order valence-corrected chi connectivity index (χ2v) is 21.0. The molecule has 1 aromatic carbocycles. The van der Waals surface area contributed by atoms with Crippen LogP contribution in [0.25, 0.3) is 0 Å². The van der Waals surface area contributed by atoms with E-state index in [0.29, 0.717) is 24.8 Å². The van der Waals surface area contributed by atoms with Crippen molar-refractivity contribution in [3.8, 4) is 0 Å². The number of hydrogen-bond acceptors (Lipinski definition) is 19. The fourth-order valence-corrected chi connectivity index (χ4v) is 8.34. The van der Waals surface area contributed by atoms with Gasteiger partial charge in [-0.25, -0.2) is 4.79 Å². The van der Waals surface area contributed by atoms with Crippen molar-refractivity contribution in [2.45, 2.75) is 158 Å². The van der Waals surface area contributed by atoms with Crippen LogP contribution in [-0.2, 0) is 59.2 Å². The van der Waals surface area contributed by atoms with Gasteiger partial charge in [0.2, 0.25) is 59.1 Å². The predicted octanol–water partition coefficient (Wildman–Crippen LogP) is -9.42. The van der Waals surface area contributed by atoms with E-state index in [2.05, 4.69) is 57.5 Å². The summed E-state index contributed by atoms with van der Waals surface area (Å²) < 4.78 is 0. The van der Waals surface area contributed by atoms with Gasteiger partial charge in [-0.2, -0.15) is 0 Å². The maximum Gasteiger partial charge on any atom is 0.328 e. The number of hydrogen-bond donors (Lipinski definition) is 22. The first-order chi connectivity index (χ1) is 42.1. The van der Waals surface area contributed by atoms with Gasteiger partial charge in [-0.05, 0) is 88.7 Å². The number of amides is 10. The fraction of sp³-hybridized carbons (Fsp3) is 0.623. The fourth-order valence-electron chi connectivity index (χ4n) is 8.34. The monoisotopic (exact) mass is 1260 g/mol. The smallest absolute Gasteiger partial charge is 0.328 e. The van der Waals surface area contributed by atoms with Crippen molar-refractivity contribution in [3.05, 3.63) is 35.9 Å². The Morgan fingerprint density at radius 3 is 1.08 bits per heavy atom. The minimum Gasteiger partial charge on any atom is -0.480 e. The lowest BCUT2D eigenvalue weighted by Crippen LogP contribution is -2.61. The molecule has 0 saturated carbocycles. The van der Waals surface area contributed by atoms with Crippen LogP contribution in [0, 0.1) is 5.92 Å². The maximum atomic E-state index is 14.4. The third-order valence-corrected chi connectivity index (χ3v) is 13.0. The number of primary amides is 1. The van der Waals surface area contributed by atoms with Crippen LogP contribution in [-0.4, -0.2) is 210 Å². The number of carboxylic acid groups (broad SMARTS) is 1. The average molecular weight is 1260 g/mol. The number of rotatable bonds is 45. The van der Waals surface area contributed by atoms with E-state index in [-0.39, 0.29) is 101 Å². The second-order valence-electron chi connectivity index (χ2n) is 21.0. The number of nitrogens with two attached hydrogens (primary N) is 9. The summed E-state index contributed by atoms with van der Waals surface area (Å²) in [7, 11) is 0. The molecule has 36 nitrogen and oxygen atoms in total. The summed E-state index contributed by atoms with van der Waals surface area (Å²) in [6, 6.07) is -7.51. The van der Waals surface area contributed by atoms with Gasteiger partial charge in [0.05, 0.1) is 25.9 Å². The molecule has 0 aliphatic heterocycles. The molecule has 1 rings (SSSR count). The highest BCUT2D eigenvalue weighted by Crippen LogP contribution is 2.12. The topological polar surface area (TPSA) is 648 Å². The molecule has 0 saturated heterocycles. The summed E-state index contributed by atoms with van der Waals surface area (Å²) in [5.74, 6) is -12.5. The number of aliphatic hydroxyl groups is 3. The van der Waals surface area contributed by atoms with E-state index in [1.54, 1.807) is 30.3 Å². The normalized spacial score (nSPS) is 14.3. The molecule has 31 N–H and O–H groups in total. The molecule has 0 radical (unpaired) electrons. The zero-order valence-corrected chi connectivity index (χ0v) is 50.2. The maximum absolute atomic E-state index is 14.4. The highest BCUT2D eigenvalue weighted by atomic mass is 16.4. The van der Waals surface area contributed by atoms with E-state index in [4.69, 9.17) is 51.6 Å². The largest absolute Gasteiger partial charge is 0.480 e. The molecule has 10 amide bonds. The predicted molar refractivity (Wildman–Crippen MR) is 325 cm³/mol. The number of aliphatic hydroxyl groups excluding tert-OH is 3. The molecule has 1 aromatic rings. The van der Waals surface area contributed by atoms with Crippen LogP contribution in [0.2, 0.25) is 0 Å². The van der Waals surface area contributed by atoms with Crippen molar-refractivity contribution in [1.82, 2.24) is 47.9 Å². The molecule has 10 atom stereocenters. The number of nitrogens with zero attached hydrogens (tertiary/aromatic N) is 3. The number of carboxylic acids is 1. The minimum atomic E-state index is -1.83.